The van der Waals surface area contributed by atoms with E-state index in [0.29, 0.717) is 24.0 Å². The monoisotopic (exact) mass is 427 g/mol. The summed E-state index contributed by atoms with van der Waals surface area (Å²) >= 11 is 0. The molecule has 10 heteroatoms. The van der Waals surface area contributed by atoms with Crippen molar-refractivity contribution in [2.24, 2.45) is 0 Å². The van der Waals surface area contributed by atoms with E-state index in [1.54, 1.807) is 0 Å². The van der Waals surface area contributed by atoms with E-state index in [1.807, 2.05) is 0 Å². The van der Waals surface area contributed by atoms with E-state index in [-0.39, 0.29) is 29.5 Å². The molecule has 0 saturated carbocycles. The van der Waals surface area contributed by atoms with Crippen molar-refractivity contribution in [3.8, 4) is 17.2 Å². The van der Waals surface area contributed by atoms with Gasteiger partial charge < -0.3 is 19.5 Å². The minimum Gasteiger partial charge on any atom is -0.493 e. The summed E-state index contributed by atoms with van der Waals surface area (Å²) in [4.78, 5) is 12.4. The van der Waals surface area contributed by atoms with Crippen LogP contribution in [0.5, 0.6) is 17.2 Å². The van der Waals surface area contributed by atoms with Gasteiger partial charge in [-0.25, -0.2) is 0 Å². The second kappa shape index (κ2) is 7.19. The predicted molar refractivity (Wildman–Crippen MR) is 95.4 cm³/mol. The van der Waals surface area contributed by atoms with Crippen molar-refractivity contribution < 1.29 is 41.0 Å². The number of carbonyl (C=O) groups is 1. The Kier molecular flexibility index (Phi) is 4.79. The fraction of sp³-hybridized carbons (Fsp3) is 0.250. The molecule has 2 aromatic carbocycles. The molecule has 0 spiro atoms. The molecule has 0 fully saturated rings. The first kappa shape index (κ1) is 20.0. The lowest BCUT2D eigenvalue weighted by Gasteiger charge is -2.13. The van der Waals surface area contributed by atoms with Crippen LogP contribution in [-0.2, 0) is 11.0 Å². The molecule has 2 heterocycles. The second-order valence-corrected chi connectivity index (χ2v) is 6.65. The van der Waals surface area contributed by atoms with Crippen LogP contribution >= 0.6 is 0 Å². The van der Waals surface area contributed by atoms with Gasteiger partial charge in [-0.05, 0) is 42.7 Å². The molecule has 0 aromatic heterocycles. The van der Waals surface area contributed by atoms with Crippen molar-refractivity contribution in [1.82, 2.24) is 0 Å². The number of amides is 1. The Bertz CT molecular complexity index is 1030. The van der Waals surface area contributed by atoms with Gasteiger partial charge in [0, 0.05) is 23.4 Å². The van der Waals surface area contributed by atoms with Gasteiger partial charge in [0.15, 0.2) is 11.5 Å². The summed E-state index contributed by atoms with van der Waals surface area (Å²) in [5.41, 5.74) is 0.237. The first-order valence-corrected chi connectivity index (χ1v) is 8.87. The highest BCUT2D eigenvalue weighted by molar-refractivity contribution is 6.04. The molecule has 30 heavy (non-hydrogen) atoms. The second-order valence-electron chi connectivity index (χ2n) is 6.65. The lowest BCUT2D eigenvalue weighted by Crippen LogP contribution is -2.25. The van der Waals surface area contributed by atoms with Crippen LogP contribution in [0.4, 0.5) is 27.6 Å². The van der Waals surface area contributed by atoms with Crippen LogP contribution in [0.1, 0.15) is 24.0 Å². The van der Waals surface area contributed by atoms with Crippen LogP contribution < -0.4 is 19.5 Å². The minimum absolute atomic E-state index is 0.0479. The van der Waals surface area contributed by atoms with Gasteiger partial charge in [-0.2, -0.15) is 13.2 Å². The number of halogens is 5. The molecule has 0 bridgehead atoms. The van der Waals surface area contributed by atoms with Gasteiger partial charge in [0.1, 0.15) is 5.75 Å². The van der Waals surface area contributed by atoms with Crippen LogP contribution in [0.3, 0.4) is 0 Å². The van der Waals surface area contributed by atoms with E-state index in [2.05, 4.69) is 14.8 Å². The first-order chi connectivity index (χ1) is 14.1. The van der Waals surface area contributed by atoms with E-state index in [0.717, 1.165) is 12.1 Å². The molecule has 0 unspecified atom stereocenters. The number of hydrogen-bond donors (Lipinski definition) is 1. The smallest absolute Gasteiger partial charge is 0.493 e. The van der Waals surface area contributed by atoms with Crippen molar-refractivity contribution in [3.05, 3.63) is 53.6 Å². The average Bonchev–Trinajstić information content (AvgIpc) is 2.82. The summed E-state index contributed by atoms with van der Waals surface area (Å²) in [6.45, 7) is 0.212. The topological polar surface area (TPSA) is 56.8 Å². The third kappa shape index (κ3) is 4.17. The molecule has 0 saturated heterocycles. The van der Waals surface area contributed by atoms with Gasteiger partial charge in [-0.3, -0.25) is 4.79 Å². The highest BCUT2D eigenvalue weighted by Gasteiger charge is 2.43. The van der Waals surface area contributed by atoms with Crippen LogP contribution in [0.2, 0.25) is 0 Å². The maximum Gasteiger partial charge on any atom is 0.586 e. The summed E-state index contributed by atoms with van der Waals surface area (Å²) < 4.78 is 79.1. The van der Waals surface area contributed by atoms with Gasteiger partial charge in [-0.1, -0.05) is 6.07 Å². The van der Waals surface area contributed by atoms with Gasteiger partial charge >= 0.3 is 12.5 Å². The fourth-order valence-corrected chi connectivity index (χ4v) is 3.18. The van der Waals surface area contributed by atoms with Crippen LogP contribution in [0, 0.1) is 0 Å². The third-order valence-corrected chi connectivity index (χ3v) is 4.48. The number of nitrogens with one attached hydrogen (secondary N) is 1. The van der Waals surface area contributed by atoms with Crippen molar-refractivity contribution >= 4 is 17.2 Å². The summed E-state index contributed by atoms with van der Waals surface area (Å²) in [7, 11) is 0. The Morgan fingerprint density at radius 2 is 1.80 bits per heavy atom. The largest absolute Gasteiger partial charge is 0.586 e. The quantitative estimate of drug-likeness (QED) is 0.527. The molecule has 1 N–H and O–H groups in total. The van der Waals surface area contributed by atoms with Gasteiger partial charge in [-0.15, -0.1) is 8.78 Å². The number of benzene rings is 2. The summed E-state index contributed by atoms with van der Waals surface area (Å²) in [6.07, 6.45) is -6.11. The van der Waals surface area contributed by atoms with E-state index in [9.17, 15) is 26.7 Å². The highest BCUT2D eigenvalue weighted by atomic mass is 19.4. The van der Waals surface area contributed by atoms with Crippen molar-refractivity contribution in [2.45, 2.75) is 25.3 Å². The zero-order chi connectivity index (χ0) is 21.5. The molecule has 1 amide bonds. The van der Waals surface area contributed by atoms with Gasteiger partial charge in [0.25, 0.3) is 0 Å². The number of fused-ring (bicyclic) bond motifs is 2. The molecule has 2 aliphatic heterocycles. The molecule has 2 aromatic rings. The predicted octanol–water partition coefficient (Wildman–Crippen LogP) is 5.22. The number of ether oxygens (including phenoxy) is 3. The number of allylic oxidation sites excluding steroid dienone is 1. The van der Waals surface area contributed by atoms with Crippen LogP contribution in [0.15, 0.2) is 42.5 Å². The molecular weight excluding hydrogens is 413 g/mol. The van der Waals surface area contributed by atoms with E-state index >= 15 is 0 Å². The maximum atomic E-state index is 13.1. The van der Waals surface area contributed by atoms with Crippen molar-refractivity contribution in [1.29, 1.82) is 0 Å². The number of rotatable bonds is 2. The van der Waals surface area contributed by atoms with E-state index in [4.69, 9.17) is 4.74 Å². The van der Waals surface area contributed by atoms with Gasteiger partial charge in [0.05, 0.1) is 12.2 Å². The molecular formula is C20H14F5NO4. The Balaban J connectivity index is 1.56. The van der Waals surface area contributed by atoms with Crippen molar-refractivity contribution in [3.63, 3.8) is 0 Å². The van der Waals surface area contributed by atoms with Crippen LogP contribution in [-0.4, -0.2) is 18.8 Å². The van der Waals surface area contributed by atoms with E-state index in [1.165, 1.54) is 30.3 Å². The molecule has 2 aliphatic rings. The Morgan fingerprint density at radius 3 is 2.57 bits per heavy atom. The summed E-state index contributed by atoms with van der Waals surface area (Å²) in [5.74, 6) is -0.917. The molecule has 0 aliphatic carbocycles. The average molecular weight is 427 g/mol. The maximum absolute atomic E-state index is 13.1. The number of hydrogen-bond acceptors (Lipinski definition) is 4. The van der Waals surface area contributed by atoms with Gasteiger partial charge in [0.2, 0.25) is 5.91 Å². The summed E-state index contributed by atoms with van der Waals surface area (Å²) in [5, 5.41) is 2.52. The Morgan fingerprint density at radius 1 is 1.03 bits per heavy atom. The molecule has 5 nitrogen and oxygen atoms in total. The number of alkyl halides is 5. The molecule has 0 radical (unpaired) electrons. The molecule has 158 valence electrons. The Labute approximate surface area is 167 Å². The minimum atomic E-state index is -4.51. The van der Waals surface area contributed by atoms with E-state index < -0.39 is 23.9 Å². The number of anilines is 1. The third-order valence-electron chi connectivity index (χ3n) is 4.48. The number of carbonyl (C=O) groups excluding carboxylic acids is 1. The van der Waals surface area contributed by atoms with Crippen molar-refractivity contribution in [2.75, 3.05) is 11.9 Å². The molecule has 0 atom stereocenters. The fourth-order valence-electron chi connectivity index (χ4n) is 3.18. The Hall–Kier alpha value is -3.30. The summed E-state index contributed by atoms with van der Waals surface area (Å²) in [6, 6.07) is 6.88. The lowest BCUT2D eigenvalue weighted by molar-refractivity contribution is -0.286. The highest BCUT2D eigenvalue weighted by Crippen LogP contribution is 2.42. The molecule has 4 rings (SSSR count). The standard InChI is InChI=1S/C20H14F5NO4/c21-19(22,23)12-3-5-14-11(2-1-7-28-16(14)9-12)8-18(27)26-13-4-6-15-17(10-13)30-20(24,25)29-15/h3-6,8-10H,1-2,7H2,(H,26,27). The zero-order valence-corrected chi connectivity index (χ0v) is 15.2. The first-order valence-electron chi connectivity index (χ1n) is 8.87. The zero-order valence-electron chi connectivity index (χ0n) is 15.2. The van der Waals surface area contributed by atoms with Crippen LogP contribution in [0.25, 0.3) is 5.57 Å². The lowest BCUT2D eigenvalue weighted by atomic mass is 9.99. The normalized spacial score (nSPS) is 18.4. The SMILES string of the molecule is O=C(C=C1CCCOc2cc(C(F)(F)F)ccc21)Nc1ccc2c(c1)OC(F)(F)O2.